The van der Waals surface area contributed by atoms with E-state index in [4.69, 9.17) is 11.6 Å². The molecule has 4 rings (SSSR count). The van der Waals surface area contributed by atoms with Crippen LogP contribution in [0.2, 0.25) is 5.02 Å². The van der Waals surface area contributed by atoms with Gasteiger partial charge in [0.25, 0.3) is 5.91 Å². The third-order valence-electron chi connectivity index (χ3n) is 6.13. The van der Waals surface area contributed by atoms with E-state index in [0.29, 0.717) is 0 Å². The average Bonchev–Trinajstić information content (AvgIpc) is 3.03. The molecule has 2 aromatic rings. The summed E-state index contributed by atoms with van der Waals surface area (Å²) in [6, 6.07) is 6.43. The second-order valence-corrected chi connectivity index (χ2v) is 8.58. The molecular weight excluding hydrogens is 417 g/mol. The third kappa shape index (κ3) is 3.66. The Hall–Kier alpha value is -2.22. The number of anilines is 1. The predicted molar refractivity (Wildman–Crippen MR) is 109 cm³/mol. The second kappa shape index (κ2) is 7.80. The van der Waals surface area contributed by atoms with Crippen molar-refractivity contribution in [3.05, 3.63) is 46.6 Å². The summed E-state index contributed by atoms with van der Waals surface area (Å²) in [6.07, 6.45) is -2.05. The van der Waals surface area contributed by atoms with Crippen molar-refractivity contribution in [2.45, 2.75) is 69.9 Å². The number of rotatable bonds is 2. The fourth-order valence-corrected chi connectivity index (χ4v) is 4.83. The van der Waals surface area contributed by atoms with Gasteiger partial charge in [0.15, 0.2) is 11.7 Å². The van der Waals surface area contributed by atoms with Crippen LogP contribution in [0, 0.1) is 0 Å². The van der Waals surface area contributed by atoms with E-state index in [9.17, 15) is 18.0 Å². The van der Waals surface area contributed by atoms with Gasteiger partial charge in [-0.15, -0.1) is 0 Å². The van der Waals surface area contributed by atoms with Crippen molar-refractivity contribution in [3.8, 4) is 0 Å². The number of carbonyl (C=O) groups is 1. The first-order chi connectivity index (χ1) is 14.2. The second-order valence-electron chi connectivity index (χ2n) is 8.20. The van der Waals surface area contributed by atoms with Crippen molar-refractivity contribution in [3.63, 3.8) is 0 Å². The molecule has 0 saturated carbocycles. The van der Waals surface area contributed by atoms with Crippen LogP contribution >= 0.6 is 11.6 Å². The van der Waals surface area contributed by atoms with Crippen LogP contribution in [-0.2, 0) is 0 Å². The van der Waals surface area contributed by atoms with Crippen LogP contribution in [-0.4, -0.2) is 38.8 Å². The van der Waals surface area contributed by atoms with Crippen molar-refractivity contribution < 1.29 is 18.0 Å². The molecule has 0 radical (unpaired) electrons. The molecule has 3 heterocycles. The Morgan fingerprint density at radius 1 is 1.17 bits per heavy atom. The minimum absolute atomic E-state index is 0.0144. The molecule has 1 fully saturated rings. The summed E-state index contributed by atoms with van der Waals surface area (Å²) in [6.45, 7) is 3.89. The van der Waals surface area contributed by atoms with E-state index in [1.165, 1.54) is 0 Å². The number of aromatic nitrogens is 2. The quantitative estimate of drug-likeness (QED) is 0.661. The number of benzene rings is 1. The largest absolute Gasteiger partial charge is 0.410 e. The SMILES string of the molecule is C[C@@H]1CCC[C@H](C)N1C(=O)c1nn2c(c1Cl)N[C@H](c1ccccc1)C[C@H]2C(F)(F)F. The molecule has 0 aliphatic carbocycles. The Kier molecular flexibility index (Phi) is 5.46. The molecule has 1 aromatic carbocycles. The fourth-order valence-electron chi connectivity index (χ4n) is 4.57. The maximum atomic E-state index is 13.9. The average molecular weight is 441 g/mol. The van der Waals surface area contributed by atoms with Crippen LogP contribution in [0.3, 0.4) is 0 Å². The van der Waals surface area contributed by atoms with E-state index >= 15 is 0 Å². The molecule has 1 amide bonds. The summed E-state index contributed by atoms with van der Waals surface area (Å²) in [7, 11) is 0. The van der Waals surface area contributed by atoms with Crippen molar-refractivity contribution in [2.24, 2.45) is 0 Å². The number of nitrogens with zero attached hydrogens (tertiary/aromatic N) is 3. The van der Waals surface area contributed by atoms with Gasteiger partial charge in [-0.3, -0.25) is 4.79 Å². The maximum Gasteiger partial charge on any atom is 0.410 e. The number of alkyl halides is 3. The van der Waals surface area contributed by atoms with Gasteiger partial charge < -0.3 is 10.2 Å². The van der Waals surface area contributed by atoms with Gasteiger partial charge in [0.2, 0.25) is 0 Å². The van der Waals surface area contributed by atoms with Gasteiger partial charge >= 0.3 is 6.18 Å². The number of hydrogen-bond acceptors (Lipinski definition) is 3. The van der Waals surface area contributed by atoms with Crippen LogP contribution in [0.4, 0.5) is 19.0 Å². The molecule has 1 N–H and O–H groups in total. The molecule has 2 aliphatic heterocycles. The van der Waals surface area contributed by atoms with Crippen molar-refractivity contribution >= 4 is 23.3 Å². The van der Waals surface area contributed by atoms with Crippen molar-refractivity contribution in [1.29, 1.82) is 0 Å². The zero-order valence-electron chi connectivity index (χ0n) is 16.8. The standard InChI is InChI=1S/C21H24ClF3N4O/c1-12-7-6-8-13(2)28(12)20(30)18-17(22)19-26-15(14-9-4-3-5-10-14)11-16(21(23,24)25)29(19)27-18/h3-5,9-10,12-13,15-16,26H,6-8,11H2,1-2H3/t12-,13+,15-,16-/m0/s1. The number of carbonyl (C=O) groups excluding carboxylic acids is 1. The molecule has 0 bridgehead atoms. The molecule has 2 aliphatic rings. The topological polar surface area (TPSA) is 50.2 Å². The lowest BCUT2D eigenvalue weighted by Gasteiger charge is -2.38. The highest BCUT2D eigenvalue weighted by atomic mass is 35.5. The van der Waals surface area contributed by atoms with E-state index in [2.05, 4.69) is 10.4 Å². The molecule has 1 aromatic heterocycles. The Labute approximate surface area is 178 Å². The molecule has 5 nitrogen and oxygen atoms in total. The predicted octanol–water partition coefficient (Wildman–Crippen LogP) is 5.60. The van der Waals surface area contributed by atoms with Gasteiger partial charge in [-0.05, 0) is 38.7 Å². The van der Waals surface area contributed by atoms with Crippen LogP contribution in [0.25, 0.3) is 0 Å². The maximum absolute atomic E-state index is 13.9. The third-order valence-corrected chi connectivity index (χ3v) is 6.49. The van der Waals surface area contributed by atoms with E-state index in [-0.39, 0.29) is 35.0 Å². The highest BCUT2D eigenvalue weighted by molar-refractivity contribution is 6.36. The molecule has 0 unspecified atom stereocenters. The van der Waals surface area contributed by atoms with Gasteiger partial charge in [0.05, 0.1) is 6.04 Å². The highest BCUT2D eigenvalue weighted by Crippen LogP contribution is 2.46. The summed E-state index contributed by atoms with van der Waals surface area (Å²) >= 11 is 6.46. The Balaban J connectivity index is 1.74. The normalized spacial score (nSPS) is 26.8. The van der Waals surface area contributed by atoms with E-state index in [1.807, 2.05) is 19.9 Å². The molecule has 30 heavy (non-hydrogen) atoms. The van der Waals surface area contributed by atoms with Crippen molar-refractivity contribution in [2.75, 3.05) is 5.32 Å². The van der Waals surface area contributed by atoms with Gasteiger partial charge in [0.1, 0.15) is 10.8 Å². The first kappa shape index (κ1) is 21.0. The minimum atomic E-state index is -4.52. The van der Waals surface area contributed by atoms with Crippen molar-refractivity contribution in [1.82, 2.24) is 14.7 Å². The number of hydrogen-bond donors (Lipinski definition) is 1. The summed E-state index contributed by atoms with van der Waals surface area (Å²) in [5.74, 6) is -0.375. The Morgan fingerprint density at radius 2 is 1.80 bits per heavy atom. The van der Waals surface area contributed by atoms with Gasteiger partial charge in [-0.1, -0.05) is 41.9 Å². The summed E-state index contributed by atoms with van der Waals surface area (Å²) in [5.41, 5.74) is 0.601. The number of nitrogens with one attached hydrogen (secondary N) is 1. The van der Waals surface area contributed by atoms with Crippen LogP contribution in [0.1, 0.15) is 67.7 Å². The molecule has 1 saturated heterocycles. The summed E-state index contributed by atoms with van der Waals surface area (Å²) < 4.78 is 42.6. The molecular formula is C21H24ClF3N4O. The van der Waals surface area contributed by atoms with Crippen LogP contribution < -0.4 is 5.32 Å². The number of halogens is 4. The van der Waals surface area contributed by atoms with Gasteiger partial charge in [-0.25, -0.2) is 4.68 Å². The number of amides is 1. The van der Waals surface area contributed by atoms with E-state index in [0.717, 1.165) is 29.5 Å². The first-order valence-corrected chi connectivity index (χ1v) is 10.5. The van der Waals surface area contributed by atoms with Gasteiger partial charge in [-0.2, -0.15) is 18.3 Å². The molecule has 0 spiro atoms. The number of fused-ring (bicyclic) bond motifs is 1. The number of piperidine rings is 1. The van der Waals surface area contributed by atoms with E-state index in [1.54, 1.807) is 29.2 Å². The number of likely N-dealkylation sites (tertiary alicyclic amines) is 1. The lowest BCUT2D eigenvalue weighted by atomic mass is 9.97. The lowest BCUT2D eigenvalue weighted by Crippen LogP contribution is -2.47. The fraction of sp³-hybridized carbons (Fsp3) is 0.524. The first-order valence-electron chi connectivity index (χ1n) is 10.2. The monoisotopic (exact) mass is 440 g/mol. The Morgan fingerprint density at radius 3 is 2.40 bits per heavy atom. The minimum Gasteiger partial charge on any atom is -0.362 e. The lowest BCUT2D eigenvalue weighted by molar-refractivity contribution is -0.173. The van der Waals surface area contributed by atoms with Crippen LogP contribution in [0.15, 0.2) is 30.3 Å². The molecule has 162 valence electrons. The summed E-state index contributed by atoms with van der Waals surface area (Å²) in [5, 5.41) is 7.11. The summed E-state index contributed by atoms with van der Waals surface area (Å²) in [4.78, 5) is 14.9. The zero-order valence-corrected chi connectivity index (χ0v) is 17.5. The smallest absolute Gasteiger partial charge is 0.362 e. The Bertz CT molecular complexity index is 920. The van der Waals surface area contributed by atoms with Crippen LogP contribution in [0.5, 0.6) is 0 Å². The highest BCUT2D eigenvalue weighted by Gasteiger charge is 2.48. The van der Waals surface area contributed by atoms with Gasteiger partial charge in [0, 0.05) is 18.5 Å². The molecule has 4 atom stereocenters. The molecule has 9 heteroatoms. The zero-order chi connectivity index (χ0) is 21.6. The van der Waals surface area contributed by atoms with E-state index < -0.39 is 24.2 Å².